The zero-order valence-electron chi connectivity index (χ0n) is 14.4. The highest BCUT2D eigenvalue weighted by Crippen LogP contribution is 2.23. The molecule has 0 bridgehead atoms. The summed E-state index contributed by atoms with van der Waals surface area (Å²) in [4.78, 5) is 29.1. The minimum atomic E-state index is -0.236. The number of amides is 1. The highest BCUT2D eigenvalue weighted by atomic mass is 35.5. The smallest absolute Gasteiger partial charge is 0.274 e. The van der Waals surface area contributed by atoms with Gasteiger partial charge in [-0.05, 0) is 38.5 Å². The number of pyridine rings is 1. The number of hydrogen-bond acceptors (Lipinski definition) is 5. The van der Waals surface area contributed by atoms with E-state index in [1.165, 1.54) is 6.20 Å². The van der Waals surface area contributed by atoms with Crippen LogP contribution in [0.2, 0.25) is 5.02 Å². The summed E-state index contributed by atoms with van der Waals surface area (Å²) in [5.41, 5.74) is 1.21. The first-order valence-corrected chi connectivity index (χ1v) is 8.31. The van der Waals surface area contributed by atoms with Crippen LogP contribution in [0.25, 0.3) is 0 Å². The Morgan fingerprint density at radius 1 is 1.25 bits per heavy atom. The van der Waals surface area contributed by atoms with Crippen LogP contribution in [-0.4, -0.2) is 45.9 Å². The van der Waals surface area contributed by atoms with Crippen molar-refractivity contribution in [1.29, 1.82) is 0 Å². The lowest BCUT2D eigenvalue weighted by atomic mass is 10.1. The summed E-state index contributed by atoms with van der Waals surface area (Å²) in [5, 5.41) is 0.254. The standard InChI is InChI=1S/C17H22ClN5O/c1-5-23(6-2)17-20-11-14(18)15(21-17)16(24)22(4)12(3)13-7-9-19-10-8-13/h7-12H,5-6H2,1-4H3. The fourth-order valence-corrected chi connectivity index (χ4v) is 2.55. The van der Waals surface area contributed by atoms with Crippen molar-refractivity contribution in [3.05, 3.63) is 47.0 Å². The third-order valence-corrected chi connectivity index (χ3v) is 4.35. The van der Waals surface area contributed by atoms with Crippen molar-refractivity contribution < 1.29 is 4.79 Å². The van der Waals surface area contributed by atoms with Crippen molar-refractivity contribution >= 4 is 23.5 Å². The van der Waals surface area contributed by atoms with Crippen molar-refractivity contribution in [2.45, 2.75) is 26.8 Å². The molecular formula is C17H22ClN5O. The summed E-state index contributed by atoms with van der Waals surface area (Å²) in [6.07, 6.45) is 4.90. The maximum Gasteiger partial charge on any atom is 0.274 e. The monoisotopic (exact) mass is 347 g/mol. The SMILES string of the molecule is CCN(CC)c1ncc(Cl)c(C(=O)N(C)C(C)c2ccncc2)n1. The van der Waals surface area contributed by atoms with Crippen LogP contribution in [0.1, 0.15) is 42.9 Å². The highest BCUT2D eigenvalue weighted by Gasteiger charge is 2.23. The van der Waals surface area contributed by atoms with Crippen LogP contribution >= 0.6 is 11.6 Å². The number of nitrogens with zero attached hydrogens (tertiary/aromatic N) is 5. The van der Waals surface area contributed by atoms with Gasteiger partial charge in [0.15, 0.2) is 5.69 Å². The van der Waals surface area contributed by atoms with Crippen LogP contribution in [0.5, 0.6) is 0 Å². The molecule has 0 N–H and O–H groups in total. The van der Waals surface area contributed by atoms with Gasteiger partial charge < -0.3 is 9.80 Å². The Bertz CT molecular complexity index is 691. The number of carbonyl (C=O) groups excluding carboxylic acids is 1. The summed E-state index contributed by atoms with van der Waals surface area (Å²) in [6, 6.07) is 3.65. The largest absolute Gasteiger partial charge is 0.341 e. The second-order valence-corrected chi connectivity index (χ2v) is 5.82. The van der Waals surface area contributed by atoms with Crippen molar-refractivity contribution in [2.24, 2.45) is 0 Å². The van der Waals surface area contributed by atoms with Gasteiger partial charge in [-0.25, -0.2) is 9.97 Å². The van der Waals surface area contributed by atoms with Gasteiger partial charge in [0.05, 0.1) is 17.3 Å². The number of hydrogen-bond donors (Lipinski definition) is 0. The Morgan fingerprint density at radius 2 is 1.88 bits per heavy atom. The van der Waals surface area contributed by atoms with Gasteiger partial charge >= 0.3 is 0 Å². The molecule has 1 atom stereocenters. The van der Waals surface area contributed by atoms with Crippen molar-refractivity contribution in [1.82, 2.24) is 19.9 Å². The van der Waals surface area contributed by atoms with Gasteiger partial charge in [-0.1, -0.05) is 11.6 Å². The first-order chi connectivity index (χ1) is 11.5. The average molecular weight is 348 g/mol. The van der Waals surface area contributed by atoms with E-state index in [2.05, 4.69) is 15.0 Å². The van der Waals surface area contributed by atoms with Gasteiger partial charge in [0.1, 0.15) is 0 Å². The number of carbonyl (C=O) groups is 1. The fraction of sp³-hybridized carbons (Fsp3) is 0.412. The number of rotatable bonds is 6. The molecule has 0 aliphatic rings. The fourth-order valence-electron chi connectivity index (χ4n) is 2.38. The molecule has 1 unspecified atom stereocenters. The first-order valence-electron chi connectivity index (χ1n) is 7.94. The van der Waals surface area contributed by atoms with Gasteiger partial charge in [0.2, 0.25) is 5.95 Å². The van der Waals surface area contributed by atoms with E-state index in [0.717, 1.165) is 18.7 Å². The van der Waals surface area contributed by atoms with Crippen molar-refractivity contribution in [2.75, 3.05) is 25.0 Å². The van der Waals surface area contributed by atoms with Crippen LogP contribution < -0.4 is 4.90 Å². The molecular weight excluding hydrogens is 326 g/mol. The van der Waals surface area contributed by atoms with Crippen molar-refractivity contribution in [3.8, 4) is 0 Å². The minimum Gasteiger partial charge on any atom is -0.341 e. The van der Waals surface area contributed by atoms with Gasteiger partial charge in [-0.15, -0.1) is 0 Å². The van der Waals surface area contributed by atoms with Gasteiger partial charge in [-0.2, -0.15) is 0 Å². The molecule has 2 rings (SSSR count). The van der Waals surface area contributed by atoms with E-state index in [0.29, 0.717) is 5.95 Å². The molecule has 128 valence electrons. The Balaban J connectivity index is 2.30. The van der Waals surface area contributed by atoms with Gasteiger partial charge in [0.25, 0.3) is 5.91 Å². The molecule has 0 aliphatic carbocycles. The zero-order chi connectivity index (χ0) is 17.7. The summed E-state index contributed by atoms with van der Waals surface area (Å²) in [5.74, 6) is 0.276. The van der Waals surface area contributed by atoms with E-state index in [-0.39, 0.29) is 22.7 Å². The molecule has 0 aliphatic heterocycles. The van der Waals surface area contributed by atoms with E-state index in [1.54, 1.807) is 24.3 Å². The molecule has 0 spiro atoms. The molecule has 2 aromatic heterocycles. The normalized spacial score (nSPS) is 11.9. The topological polar surface area (TPSA) is 62.2 Å². The summed E-state index contributed by atoms with van der Waals surface area (Å²) in [7, 11) is 1.74. The van der Waals surface area contributed by atoms with E-state index in [1.807, 2.05) is 37.8 Å². The van der Waals surface area contributed by atoms with Crippen molar-refractivity contribution in [3.63, 3.8) is 0 Å². The van der Waals surface area contributed by atoms with Gasteiger partial charge in [-0.3, -0.25) is 9.78 Å². The van der Waals surface area contributed by atoms with E-state index in [4.69, 9.17) is 11.6 Å². The quantitative estimate of drug-likeness (QED) is 0.803. The summed E-state index contributed by atoms with van der Waals surface area (Å²) >= 11 is 6.18. The number of halogens is 1. The zero-order valence-corrected chi connectivity index (χ0v) is 15.2. The van der Waals surface area contributed by atoms with Crippen LogP contribution in [0.3, 0.4) is 0 Å². The maximum atomic E-state index is 12.8. The third kappa shape index (κ3) is 3.82. The maximum absolute atomic E-state index is 12.8. The molecule has 1 amide bonds. The number of aromatic nitrogens is 3. The Hall–Kier alpha value is -2.21. The molecule has 24 heavy (non-hydrogen) atoms. The Kier molecular flexibility index (Phi) is 6.09. The highest BCUT2D eigenvalue weighted by molar-refractivity contribution is 6.33. The second-order valence-electron chi connectivity index (χ2n) is 5.41. The lowest BCUT2D eigenvalue weighted by Gasteiger charge is -2.26. The average Bonchev–Trinajstić information content (AvgIpc) is 2.63. The molecule has 2 aromatic rings. The van der Waals surface area contributed by atoms with Gasteiger partial charge in [0, 0.05) is 32.5 Å². The van der Waals surface area contributed by atoms with E-state index < -0.39 is 0 Å². The predicted molar refractivity (Wildman–Crippen MR) is 95.3 cm³/mol. The lowest BCUT2D eigenvalue weighted by Crippen LogP contribution is -2.32. The molecule has 0 saturated heterocycles. The van der Waals surface area contributed by atoms with Crippen LogP contribution in [-0.2, 0) is 0 Å². The van der Waals surface area contributed by atoms with Crippen LogP contribution in [0, 0.1) is 0 Å². The summed E-state index contributed by atoms with van der Waals surface area (Å²) < 4.78 is 0. The van der Waals surface area contributed by atoms with Crippen LogP contribution in [0.15, 0.2) is 30.7 Å². The second kappa shape index (κ2) is 8.06. The third-order valence-electron chi connectivity index (χ3n) is 4.07. The van der Waals surface area contributed by atoms with E-state index in [9.17, 15) is 4.79 Å². The molecule has 0 radical (unpaired) electrons. The van der Waals surface area contributed by atoms with Crippen LogP contribution in [0.4, 0.5) is 5.95 Å². The minimum absolute atomic E-state index is 0.122. The molecule has 2 heterocycles. The molecule has 7 heteroatoms. The first kappa shape index (κ1) is 18.1. The number of anilines is 1. The van der Waals surface area contributed by atoms with E-state index >= 15 is 0 Å². The Labute approximate surface area is 147 Å². The molecule has 0 aromatic carbocycles. The summed E-state index contributed by atoms with van der Waals surface area (Å²) in [6.45, 7) is 7.50. The molecule has 0 saturated carbocycles. The lowest BCUT2D eigenvalue weighted by molar-refractivity contribution is 0.0736. The molecule has 6 nitrogen and oxygen atoms in total. The Morgan fingerprint density at radius 3 is 2.46 bits per heavy atom. The predicted octanol–water partition coefficient (Wildman–Crippen LogP) is 3.20. The molecule has 0 fully saturated rings.